The molecule has 1 aliphatic carbocycles. The summed E-state index contributed by atoms with van der Waals surface area (Å²) in [6, 6.07) is 0.516. The van der Waals surface area contributed by atoms with E-state index in [1.54, 1.807) is 7.11 Å². The van der Waals surface area contributed by atoms with Crippen molar-refractivity contribution in [2.75, 3.05) is 33.9 Å². The second kappa shape index (κ2) is 6.55. The van der Waals surface area contributed by atoms with Crippen molar-refractivity contribution in [1.82, 2.24) is 4.90 Å². The van der Waals surface area contributed by atoms with Crippen LogP contribution in [0, 0.1) is 0 Å². The summed E-state index contributed by atoms with van der Waals surface area (Å²) in [4.78, 5) is 2.36. The van der Waals surface area contributed by atoms with Gasteiger partial charge in [-0.3, -0.25) is 0 Å². The second-order valence-corrected chi connectivity index (χ2v) is 5.10. The Morgan fingerprint density at radius 3 is 2.94 bits per heavy atom. The average Bonchev–Trinajstić information content (AvgIpc) is 2.29. The molecule has 1 fully saturated rings. The van der Waals surface area contributed by atoms with Gasteiger partial charge in [0.15, 0.2) is 0 Å². The molecule has 0 heterocycles. The summed E-state index contributed by atoms with van der Waals surface area (Å²) >= 11 is 0. The first-order valence-electron chi connectivity index (χ1n) is 6.20. The number of hydrogen-bond donors (Lipinski definition) is 2. The van der Waals surface area contributed by atoms with Crippen molar-refractivity contribution < 1.29 is 9.84 Å². The summed E-state index contributed by atoms with van der Waals surface area (Å²) in [6.45, 7) is 1.96. The molecular formula is C12H26N2O2. The molecule has 2 atom stereocenters. The van der Waals surface area contributed by atoms with Crippen LogP contribution in [0.25, 0.3) is 0 Å². The number of nitrogens with zero attached hydrogens (tertiary/aromatic N) is 1. The van der Waals surface area contributed by atoms with E-state index < -0.39 is 0 Å². The van der Waals surface area contributed by atoms with E-state index in [2.05, 4.69) is 11.9 Å². The zero-order valence-electron chi connectivity index (χ0n) is 10.6. The number of hydrogen-bond acceptors (Lipinski definition) is 4. The fourth-order valence-corrected chi connectivity index (χ4v) is 2.52. The van der Waals surface area contributed by atoms with Crippen molar-refractivity contribution in [3.8, 4) is 0 Å². The van der Waals surface area contributed by atoms with Crippen LogP contribution >= 0.6 is 0 Å². The molecule has 1 saturated carbocycles. The monoisotopic (exact) mass is 230 g/mol. The zero-order chi connectivity index (χ0) is 12.0. The maximum absolute atomic E-state index is 9.30. The third-order valence-electron chi connectivity index (χ3n) is 3.65. The Morgan fingerprint density at radius 2 is 2.31 bits per heavy atom. The van der Waals surface area contributed by atoms with E-state index in [1.165, 1.54) is 6.42 Å². The molecule has 3 N–H and O–H groups in total. The van der Waals surface area contributed by atoms with E-state index in [0.29, 0.717) is 6.04 Å². The lowest BCUT2D eigenvalue weighted by atomic mass is 9.80. The number of methoxy groups -OCH3 is 1. The van der Waals surface area contributed by atoms with Crippen LogP contribution in [0.3, 0.4) is 0 Å². The van der Waals surface area contributed by atoms with Gasteiger partial charge in [0.05, 0.1) is 6.61 Å². The van der Waals surface area contributed by atoms with Crippen LogP contribution in [0.4, 0.5) is 0 Å². The molecule has 1 rings (SSSR count). The SMILES string of the molecule is COCCCN(C)C1CCCC(N)(CO)C1. The summed E-state index contributed by atoms with van der Waals surface area (Å²) in [5.41, 5.74) is 5.79. The van der Waals surface area contributed by atoms with Gasteiger partial charge in [-0.25, -0.2) is 0 Å². The maximum atomic E-state index is 9.30. The van der Waals surface area contributed by atoms with Crippen LogP contribution in [-0.4, -0.2) is 55.5 Å². The average molecular weight is 230 g/mol. The first-order valence-corrected chi connectivity index (χ1v) is 6.20. The second-order valence-electron chi connectivity index (χ2n) is 5.10. The number of ether oxygens (including phenoxy) is 1. The molecule has 0 radical (unpaired) electrons. The molecule has 0 bridgehead atoms. The van der Waals surface area contributed by atoms with E-state index in [-0.39, 0.29) is 12.1 Å². The number of aliphatic hydroxyl groups excluding tert-OH is 1. The van der Waals surface area contributed by atoms with Gasteiger partial charge in [-0.05, 0) is 39.2 Å². The Kier molecular flexibility index (Phi) is 5.69. The Morgan fingerprint density at radius 1 is 1.56 bits per heavy atom. The standard InChI is InChI=1S/C12H26N2O2/c1-14(7-4-8-16-2)11-5-3-6-12(13,9-11)10-15/h11,15H,3-10,13H2,1-2H3. The van der Waals surface area contributed by atoms with Gasteiger partial charge in [0.25, 0.3) is 0 Å². The van der Waals surface area contributed by atoms with Crippen molar-refractivity contribution in [3.05, 3.63) is 0 Å². The van der Waals surface area contributed by atoms with E-state index in [9.17, 15) is 5.11 Å². The fraction of sp³-hybridized carbons (Fsp3) is 1.00. The van der Waals surface area contributed by atoms with Crippen molar-refractivity contribution >= 4 is 0 Å². The van der Waals surface area contributed by atoms with Crippen LogP contribution in [0.15, 0.2) is 0 Å². The molecule has 0 aromatic rings. The third kappa shape index (κ3) is 4.01. The van der Waals surface area contributed by atoms with Gasteiger partial charge in [-0.2, -0.15) is 0 Å². The minimum atomic E-state index is -0.349. The molecular weight excluding hydrogens is 204 g/mol. The van der Waals surface area contributed by atoms with Gasteiger partial charge >= 0.3 is 0 Å². The summed E-state index contributed by atoms with van der Waals surface area (Å²) < 4.78 is 5.05. The largest absolute Gasteiger partial charge is 0.394 e. The lowest BCUT2D eigenvalue weighted by Crippen LogP contribution is -2.52. The highest BCUT2D eigenvalue weighted by molar-refractivity contribution is 4.93. The number of rotatable bonds is 6. The summed E-state index contributed by atoms with van der Waals surface area (Å²) in [5.74, 6) is 0. The predicted molar refractivity (Wildman–Crippen MR) is 65.4 cm³/mol. The molecule has 0 aromatic heterocycles. The van der Waals surface area contributed by atoms with Crippen LogP contribution in [0.5, 0.6) is 0 Å². The predicted octanol–water partition coefficient (Wildman–Crippen LogP) is 0.587. The van der Waals surface area contributed by atoms with Crippen LogP contribution in [0.1, 0.15) is 32.1 Å². The molecule has 4 nitrogen and oxygen atoms in total. The molecule has 96 valence electrons. The molecule has 16 heavy (non-hydrogen) atoms. The minimum absolute atomic E-state index is 0.107. The third-order valence-corrected chi connectivity index (χ3v) is 3.65. The lowest BCUT2D eigenvalue weighted by Gasteiger charge is -2.40. The molecule has 0 spiro atoms. The minimum Gasteiger partial charge on any atom is -0.394 e. The van der Waals surface area contributed by atoms with Crippen molar-refractivity contribution in [2.24, 2.45) is 5.73 Å². The Hall–Kier alpha value is -0.160. The molecule has 0 saturated heterocycles. The Labute approximate surface area is 98.8 Å². The normalized spacial score (nSPS) is 30.9. The Balaban J connectivity index is 2.35. The van der Waals surface area contributed by atoms with Crippen LogP contribution in [0.2, 0.25) is 0 Å². The molecule has 0 amide bonds. The Bertz CT molecular complexity index is 201. The number of aliphatic hydroxyl groups is 1. The molecule has 4 heteroatoms. The summed E-state index contributed by atoms with van der Waals surface area (Å²) in [6.07, 6.45) is 5.23. The van der Waals surface area contributed by atoms with Crippen molar-refractivity contribution in [3.63, 3.8) is 0 Å². The molecule has 0 aliphatic heterocycles. The number of nitrogens with two attached hydrogens (primary N) is 1. The smallest absolute Gasteiger partial charge is 0.0611 e. The lowest BCUT2D eigenvalue weighted by molar-refractivity contribution is 0.0883. The van der Waals surface area contributed by atoms with Crippen molar-refractivity contribution in [1.29, 1.82) is 0 Å². The van der Waals surface area contributed by atoms with Crippen LogP contribution in [-0.2, 0) is 4.74 Å². The van der Waals surface area contributed by atoms with Gasteiger partial charge in [-0.1, -0.05) is 0 Å². The summed E-state index contributed by atoms with van der Waals surface area (Å²) in [7, 11) is 3.88. The summed E-state index contributed by atoms with van der Waals surface area (Å²) in [5, 5.41) is 9.30. The topological polar surface area (TPSA) is 58.7 Å². The van der Waals surface area contributed by atoms with E-state index in [1.807, 2.05) is 0 Å². The highest BCUT2D eigenvalue weighted by Crippen LogP contribution is 2.28. The van der Waals surface area contributed by atoms with Gasteiger partial charge in [-0.15, -0.1) is 0 Å². The maximum Gasteiger partial charge on any atom is 0.0611 e. The fourth-order valence-electron chi connectivity index (χ4n) is 2.52. The van der Waals surface area contributed by atoms with E-state index in [0.717, 1.165) is 38.8 Å². The van der Waals surface area contributed by atoms with Gasteiger partial charge in [0.2, 0.25) is 0 Å². The quantitative estimate of drug-likeness (QED) is 0.656. The highest BCUT2D eigenvalue weighted by atomic mass is 16.5. The first-order chi connectivity index (χ1) is 7.61. The molecule has 1 aliphatic rings. The van der Waals surface area contributed by atoms with E-state index in [4.69, 9.17) is 10.5 Å². The van der Waals surface area contributed by atoms with Gasteiger partial charge in [0.1, 0.15) is 0 Å². The van der Waals surface area contributed by atoms with Crippen molar-refractivity contribution in [2.45, 2.75) is 43.7 Å². The first kappa shape index (κ1) is 13.9. The zero-order valence-corrected chi connectivity index (χ0v) is 10.6. The molecule has 0 aromatic carbocycles. The highest BCUT2D eigenvalue weighted by Gasteiger charge is 2.33. The van der Waals surface area contributed by atoms with Crippen LogP contribution < -0.4 is 5.73 Å². The molecule has 2 unspecified atom stereocenters. The van der Waals surface area contributed by atoms with E-state index >= 15 is 0 Å². The van der Waals surface area contributed by atoms with Gasteiger partial charge in [0, 0.05) is 31.8 Å². The van der Waals surface area contributed by atoms with Gasteiger partial charge < -0.3 is 20.5 Å².